The van der Waals surface area contributed by atoms with Crippen LogP contribution < -0.4 is 0 Å². The minimum atomic E-state index is 0.116. The molecule has 0 amide bonds. The first kappa shape index (κ1) is 13.4. The zero-order valence-electron chi connectivity index (χ0n) is 10.4. The molecule has 0 aliphatic carbocycles. The summed E-state index contributed by atoms with van der Waals surface area (Å²) in [6, 6.07) is 8.86. The van der Waals surface area contributed by atoms with Gasteiger partial charge in [-0.1, -0.05) is 26.0 Å². The molecule has 0 fully saturated rings. The lowest BCUT2D eigenvalue weighted by Crippen LogP contribution is -2.30. The van der Waals surface area contributed by atoms with Gasteiger partial charge in [0.2, 0.25) is 0 Å². The Labute approximate surface area is 103 Å². The lowest BCUT2D eigenvalue weighted by Gasteiger charge is -2.18. The molecule has 0 N–H and O–H groups in total. The summed E-state index contributed by atoms with van der Waals surface area (Å²) >= 11 is 0. The van der Waals surface area contributed by atoms with E-state index < -0.39 is 0 Å². The van der Waals surface area contributed by atoms with E-state index in [1.165, 1.54) is 0 Å². The number of nitriles is 1. The Morgan fingerprint density at radius 2 is 1.94 bits per heavy atom. The molecule has 0 aliphatic heterocycles. The SMILES string of the molecule is CCCN(CC)CC(=O)c1ccc(C#N)cc1. The summed E-state index contributed by atoms with van der Waals surface area (Å²) in [6.45, 7) is 6.45. The van der Waals surface area contributed by atoms with Gasteiger partial charge in [-0.15, -0.1) is 0 Å². The Bertz CT molecular complexity index is 403. The van der Waals surface area contributed by atoms with Gasteiger partial charge in [-0.2, -0.15) is 5.26 Å². The number of ketones is 1. The van der Waals surface area contributed by atoms with E-state index in [0.29, 0.717) is 17.7 Å². The highest BCUT2D eigenvalue weighted by Gasteiger charge is 2.10. The molecule has 0 spiro atoms. The van der Waals surface area contributed by atoms with E-state index in [2.05, 4.69) is 18.7 Å². The minimum Gasteiger partial charge on any atom is -0.296 e. The van der Waals surface area contributed by atoms with Crippen LogP contribution in [0, 0.1) is 11.3 Å². The number of likely N-dealkylation sites (N-methyl/N-ethyl adjacent to an activating group) is 1. The highest BCUT2D eigenvalue weighted by molar-refractivity contribution is 5.97. The maximum absolute atomic E-state index is 12.0. The summed E-state index contributed by atoms with van der Waals surface area (Å²) in [5, 5.41) is 8.68. The van der Waals surface area contributed by atoms with Crippen molar-refractivity contribution in [1.82, 2.24) is 4.90 Å². The molecule has 3 heteroatoms. The average molecular weight is 230 g/mol. The third-order valence-corrected chi connectivity index (χ3v) is 2.69. The van der Waals surface area contributed by atoms with Gasteiger partial charge >= 0.3 is 0 Å². The molecule has 1 rings (SSSR count). The van der Waals surface area contributed by atoms with Crippen LogP contribution in [0.4, 0.5) is 0 Å². The van der Waals surface area contributed by atoms with Gasteiger partial charge in [-0.25, -0.2) is 0 Å². The molecule has 0 saturated heterocycles. The molecular formula is C14H18N2O. The van der Waals surface area contributed by atoms with Crippen LogP contribution in [0.3, 0.4) is 0 Å². The summed E-state index contributed by atoms with van der Waals surface area (Å²) in [6.07, 6.45) is 1.05. The van der Waals surface area contributed by atoms with Gasteiger partial charge in [0.15, 0.2) is 5.78 Å². The Hall–Kier alpha value is -1.66. The van der Waals surface area contributed by atoms with Crippen molar-refractivity contribution in [2.24, 2.45) is 0 Å². The van der Waals surface area contributed by atoms with Gasteiger partial charge in [0, 0.05) is 5.56 Å². The third kappa shape index (κ3) is 4.01. The van der Waals surface area contributed by atoms with E-state index in [4.69, 9.17) is 5.26 Å². The molecule has 1 aromatic carbocycles. The second-order valence-corrected chi connectivity index (χ2v) is 3.98. The fraction of sp³-hybridized carbons (Fsp3) is 0.429. The van der Waals surface area contributed by atoms with Crippen LogP contribution in [0.1, 0.15) is 36.2 Å². The standard InChI is InChI=1S/C14H18N2O/c1-3-9-16(4-2)11-14(17)13-7-5-12(10-15)6-8-13/h5-8H,3-4,9,11H2,1-2H3. The van der Waals surface area contributed by atoms with Gasteiger partial charge in [0.05, 0.1) is 18.2 Å². The zero-order chi connectivity index (χ0) is 12.7. The Kier molecular flexibility index (Phi) is 5.38. The first-order valence-corrected chi connectivity index (χ1v) is 5.97. The molecule has 0 saturated carbocycles. The maximum atomic E-state index is 12.0. The van der Waals surface area contributed by atoms with Crippen LogP contribution >= 0.6 is 0 Å². The van der Waals surface area contributed by atoms with E-state index >= 15 is 0 Å². The second kappa shape index (κ2) is 6.82. The molecule has 0 aromatic heterocycles. The van der Waals surface area contributed by atoms with E-state index in [-0.39, 0.29) is 5.78 Å². The van der Waals surface area contributed by atoms with Crippen LogP contribution in [-0.2, 0) is 0 Å². The van der Waals surface area contributed by atoms with Gasteiger partial charge in [-0.05, 0) is 31.6 Å². The quantitative estimate of drug-likeness (QED) is 0.705. The van der Waals surface area contributed by atoms with Crippen LogP contribution in [-0.4, -0.2) is 30.3 Å². The summed E-state index contributed by atoms with van der Waals surface area (Å²) in [5.41, 5.74) is 1.26. The third-order valence-electron chi connectivity index (χ3n) is 2.69. The van der Waals surface area contributed by atoms with Gasteiger partial charge < -0.3 is 0 Å². The van der Waals surface area contributed by atoms with Crippen LogP contribution in [0.15, 0.2) is 24.3 Å². The summed E-state index contributed by atoms with van der Waals surface area (Å²) in [4.78, 5) is 14.1. The number of hydrogen-bond acceptors (Lipinski definition) is 3. The van der Waals surface area contributed by atoms with Crippen molar-refractivity contribution in [1.29, 1.82) is 5.26 Å². The molecule has 0 radical (unpaired) electrons. The smallest absolute Gasteiger partial charge is 0.176 e. The molecule has 0 unspecified atom stereocenters. The molecule has 3 nitrogen and oxygen atoms in total. The lowest BCUT2D eigenvalue weighted by atomic mass is 10.1. The van der Waals surface area contributed by atoms with Crippen molar-refractivity contribution in [2.45, 2.75) is 20.3 Å². The van der Waals surface area contributed by atoms with E-state index in [1.807, 2.05) is 6.07 Å². The first-order valence-electron chi connectivity index (χ1n) is 5.97. The number of carbonyl (C=O) groups excluding carboxylic acids is 1. The highest BCUT2D eigenvalue weighted by atomic mass is 16.1. The molecule has 1 aromatic rings. The minimum absolute atomic E-state index is 0.116. The van der Waals surface area contributed by atoms with Crippen molar-refractivity contribution in [3.63, 3.8) is 0 Å². The number of benzene rings is 1. The molecule has 0 atom stereocenters. The number of nitrogens with zero attached hydrogens (tertiary/aromatic N) is 2. The Morgan fingerprint density at radius 3 is 2.41 bits per heavy atom. The first-order chi connectivity index (χ1) is 8.21. The molecule has 0 aliphatic rings. The van der Waals surface area contributed by atoms with E-state index in [0.717, 1.165) is 19.5 Å². The topological polar surface area (TPSA) is 44.1 Å². The lowest BCUT2D eigenvalue weighted by molar-refractivity contribution is 0.0934. The number of hydrogen-bond donors (Lipinski definition) is 0. The summed E-state index contributed by atoms with van der Waals surface area (Å²) in [7, 11) is 0. The zero-order valence-corrected chi connectivity index (χ0v) is 10.4. The van der Waals surface area contributed by atoms with E-state index in [1.54, 1.807) is 24.3 Å². The average Bonchev–Trinajstić information content (AvgIpc) is 2.38. The van der Waals surface area contributed by atoms with Crippen LogP contribution in [0.5, 0.6) is 0 Å². The normalized spacial score (nSPS) is 10.2. The maximum Gasteiger partial charge on any atom is 0.176 e. The van der Waals surface area contributed by atoms with Gasteiger partial charge in [0.1, 0.15) is 0 Å². The van der Waals surface area contributed by atoms with Crippen molar-refractivity contribution in [3.8, 4) is 6.07 Å². The molecular weight excluding hydrogens is 212 g/mol. The summed E-state index contributed by atoms with van der Waals surface area (Å²) < 4.78 is 0. The highest BCUT2D eigenvalue weighted by Crippen LogP contribution is 2.05. The Morgan fingerprint density at radius 1 is 1.29 bits per heavy atom. The van der Waals surface area contributed by atoms with Gasteiger partial charge in [0.25, 0.3) is 0 Å². The van der Waals surface area contributed by atoms with Crippen LogP contribution in [0.2, 0.25) is 0 Å². The largest absolute Gasteiger partial charge is 0.296 e. The van der Waals surface area contributed by atoms with Gasteiger partial charge in [-0.3, -0.25) is 9.69 Å². The Balaban J connectivity index is 2.66. The molecule has 0 heterocycles. The molecule has 90 valence electrons. The van der Waals surface area contributed by atoms with Crippen molar-refractivity contribution in [3.05, 3.63) is 35.4 Å². The van der Waals surface area contributed by atoms with E-state index in [9.17, 15) is 4.79 Å². The van der Waals surface area contributed by atoms with Crippen molar-refractivity contribution in [2.75, 3.05) is 19.6 Å². The summed E-state index contributed by atoms with van der Waals surface area (Å²) in [5.74, 6) is 0.116. The van der Waals surface area contributed by atoms with Crippen LogP contribution in [0.25, 0.3) is 0 Å². The number of rotatable bonds is 6. The van der Waals surface area contributed by atoms with Crippen molar-refractivity contribution < 1.29 is 4.79 Å². The molecule has 17 heavy (non-hydrogen) atoms. The second-order valence-electron chi connectivity index (χ2n) is 3.98. The molecule has 0 bridgehead atoms. The fourth-order valence-corrected chi connectivity index (χ4v) is 1.69. The predicted molar refractivity (Wildman–Crippen MR) is 67.9 cm³/mol. The predicted octanol–water partition coefficient (Wildman–Crippen LogP) is 2.47. The number of Topliss-reactive ketones (excluding diaryl/α,β-unsaturated/α-hetero) is 1. The monoisotopic (exact) mass is 230 g/mol. The number of carbonyl (C=O) groups is 1. The van der Waals surface area contributed by atoms with Crippen molar-refractivity contribution >= 4 is 5.78 Å². The fourth-order valence-electron chi connectivity index (χ4n) is 1.69.